The van der Waals surface area contributed by atoms with E-state index in [0.717, 1.165) is 23.0 Å². The van der Waals surface area contributed by atoms with Crippen LogP contribution in [-0.2, 0) is 6.54 Å². The van der Waals surface area contributed by atoms with E-state index in [1.807, 2.05) is 18.3 Å². The summed E-state index contributed by atoms with van der Waals surface area (Å²) in [4.78, 5) is 12.6. The van der Waals surface area contributed by atoms with Gasteiger partial charge in [-0.05, 0) is 30.7 Å². The molecule has 0 aliphatic rings. The number of aryl methyl sites for hydroxylation is 1. The van der Waals surface area contributed by atoms with Crippen LogP contribution < -0.4 is 14.9 Å². The molecule has 4 aromatic rings. The lowest BCUT2D eigenvalue weighted by Gasteiger charge is -2.08. The highest BCUT2D eigenvalue weighted by Crippen LogP contribution is 2.25. The summed E-state index contributed by atoms with van der Waals surface area (Å²) in [6, 6.07) is 21.7. The van der Waals surface area contributed by atoms with Crippen LogP contribution in [0.15, 0.2) is 78.0 Å². The number of hydrogen-bond donors (Lipinski definition) is 1. The number of amides is 1. The molecule has 0 atom stereocenters. The molecule has 0 spiro atoms. The number of nitrogens with zero attached hydrogens (tertiary/aromatic N) is 2. The maximum atomic E-state index is 12.6. The third-order valence-corrected chi connectivity index (χ3v) is 5.32. The molecule has 32 heavy (non-hydrogen) atoms. The van der Waals surface area contributed by atoms with Gasteiger partial charge in [-0.3, -0.25) is 4.79 Å². The molecular weight excluding hydrogens is 402 g/mol. The largest absolute Gasteiger partial charge is 0.497 e. The Hall–Kier alpha value is -4.06. The summed E-state index contributed by atoms with van der Waals surface area (Å²) >= 11 is 0. The van der Waals surface area contributed by atoms with Gasteiger partial charge >= 0.3 is 0 Å². The van der Waals surface area contributed by atoms with Crippen LogP contribution in [0.25, 0.3) is 10.9 Å². The molecule has 0 unspecified atom stereocenters. The van der Waals surface area contributed by atoms with E-state index in [2.05, 4.69) is 58.4 Å². The van der Waals surface area contributed by atoms with Gasteiger partial charge in [-0.1, -0.05) is 48.0 Å². The highest BCUT2D eigenvalue weighted by Gasteiger charge is 2.13. The van der Waals surface area contributed by atoms with E-state index in [1.165, 1.54) is 18.2 Å². The summed E-state index contributed by atoms with van der Waals surface area (Å²) in [5.74, 6) is 0.680. The first-order valence-corrected chi connectivity index (χ1v) is 10.3. The topological polar surface area (TPSA) is 64.8 Å². The molecule has 0 fully saturated rings. The minimum atomic E-state index is -0.357. The van der Waals surface area contributed by atoms with Gasteiger partial charge in [-0.15, -0.1) is 0 Å². The van der Waals surface area contributed by atoms with E-state index in [1.54, 1.807) is 31.5 Å². The lowest BCUT2D eigenvalue weighted by molar-refractivity contribution is 0.0952. The number of benzene rings is 3. The van der Waals surface area contributed by atoms with Gasteiger partial charge in [-0.25, -0.2) is 5.43 Å². The summed E-state index contributed by atoms with van der Waals surface area (Å²) in [5, 5.41) is 5.26. The zero-order chi connectivity index (χ0) is 22.5. The molecule has 0 radical (unpaired) electrons. The second-order valence-electron chi connectivity index (χ2n) is 7.48. The van der Waals surface area contributed by atoms with E-state index >= 15 is 0 Å². The summed E-state index contributed by atoms with van der Waals surface area (Å²) in [6.07, 6.45) is 3.72. The number of para-hydroxylation sites is 1. The van der Waals surface area contributed by atoms with Crippen molar-refractivity contribution in [2.24, 2.45) is 5.10 Å². The minimum Gasteiger partial charge on any atom is -0.497 e. The van der Waals surface area contributed by atoms with Crippen molar-refractivity contribution in [1.82, 2.24) is 9.99 Å². The number of carbonyl (C=O) groups is 1. The van der Waals surface area contributed by atoms with Crippen LogP contribution in [0.1, 0.15) is 27.0 Å². The van der Waals surface area contributed by atoms with Crippen LogP contribution in [0.4, 0.5) is 0 Å². The lowest BCUT2D eigenvalue weighted by Crippen LogP contribution is -2.18. The summed E-state index contributed by atoms with van der Waals surface area (Å²) in [7, 11) is 3.08. The predicted octanol–water partition coefficient (Wildman–Crippen LogP) is 4.78. The Morgan fingerprint density at radius 2 is 1.81 bits per heavy atom. The quantitative estimate of drug-likeness (QED) is 0.341. The number of hydrazone groups is 1. The first-order chi connectivity index (χ1) is 15.6. The SMILES string of the molecule is COc1ccc(C(=O)NN=Cc2cn(Cc3ccc(C)cc3)c3ccccc23)c(OC)c1. The van der Waals surface area contributed by atoms with Gasteiger partial charge in [-0.2, -0.15) is 5.10 Å². The fourth-order valence-corrected chi connectivity index (χ4v) is 3.61. The molecule has 1 aromatic heterocycles. The lowest BCUT2D eigenvalue weighted by atomic mass is 10.1. The molecule has 6 heteroatoms. The van der Waals surface area contributed by atoms with Gasteiger partial charge < -0.3 is 14.0 Å². The molecule has 1 amide bonds. The normalized spacial score (nSPS) is 11.1. The summed E-state index contributed by atoms with van der Waals surface area (Å²) in [5.41, 5.74) is 7.47. The van der Waals surface area contributed by atoms with Crippen LogP contribution in [0.2, 0.25) is 0 Å². The molecule has 0 saturated heterocycles. The Bertz CT molecular complexity index is 1270. The molecule has 0 aliphatic heterocycles. The fraction of sp³-hybridized carbons (Fsp3) is 0.154. The zero-order valence-electron chi connectivity index (χ0n) is 18.3. The number of rotatable bonds is 7. The van der Waals surface area contributed by atoms with Gasteiger partial charge in [0.05, 0.1) is 26.0 Å². The number of hydrogen-bond acceptors (Lipinski definition) is 4. The van der Waals surface area contributed by atoms with E-state index < -0.39 is 0 Å². The van der Waals surface area contributed by atoms with Crippen LogP contribution in [0, 0.1) is 6.92 Å². The van der Waals surface area contributed by atoms with E-state index in [0.29, 0.717) is 17.1 Å². The van der Waals surface area contributed by atoms with Crippen molar-refractivity contribution >= 4 is 23.0 Å². The first-order valence-electron chi connectivity index (χ1n) is 10.3. The van der Waals surface area contributed by atoms with Gasteiger partial charge in [0.2, 0.25) is 0 Å². The number of nitrogens with one attached hydrogen (secondary N) is 1. The molecule has 1 heterocycles. The Kier molecular flexibility index (Phi) is 6.22. The van der Waals surface area contributed by atoms with Crippen molar-refractivity contribution < 1.29 is 14.3 Å². The van der Waals surface area contributed by atoms with E-state index in [9.17, 15) is 4.79 Å². The third kappa shape index (κ3) is 4.49. The molecule has 162 valence electrons. The highest BCUT2D eigenvalue weighted by molar-refractivity contribution is 6.01. The van der Waals surface area contributed by atoms with Crippen molar-refractivity contribution in [3.8, 4) is 11.5 Å². The standard InChI is InChI=1S/C26H25N3O3/c1-18-8-10-19(11-9-18)16-29-17-20(22-6-4-5-7-24(22)29)15-27-28-26(30)23-13-12-21(31-2)14-25(23)32-3/h4-15,17H,16H2,1-3H3,(H,28,30). The molecule has 3 aromatic carbocycles. The molecular formula is C26H25N3O3. The van der Waals surface area contributed by atoms with Gasteiger partial charge in [0.1, 0.15) is 11.5 Å². The summed E-state index contributed by atoms with van der Waals surface area (Å²) < 4.78 is 12.7. The van der Waals surface area contributed by atoms with E-state index in [4.69, 9.17) is 9.47 Å². The fourth-order valence-electron chi connectivity index (χ4n) is 3.61. The molecule has 0 bridgehead atoms. The predicted molar refractivity (Wildman–Crippen MR) is 127 cm³/mol. The molecule has 0 saturated carbocycles. The number of aromatic nitrogens is 1. The monoisotopic (exact) mass is 427 g/mol. The Morgan fingerprint density at radius 3 is 2.56 bits per heavy atom. The second kappa shape index (κ2) is 9.39. The first kappa shape index (κ1) is 21.2. The average Bonchev–Trinajstić information content (AvgIpc) is 3.17. The van der Waals surface area contributed by atoms with Gasteiger partial charge in [0.15, 0.2) is 0 Å². The van der Waals surface area contributed by atoms with Gasteiger partial charge in [0, 0.05) is 35.3 Å². The van der Waals surface area contributed by atoms with E-state index in [-0.39, 0.29) is 5.91 Å². The minimum absolute atomic E-state index is 0.357. The smallest absolute Gasteiger partial charge is 0.275 e. The number of ether oxygens (including phenoxy) is 2. The van der Waals surface area contributed by atoms with Crippen molar-refractivity contribution in [3.05, 3.63) is 95.2 Å². The average molecular weight is 428 g/mol. The third-order valence-electron chi connectivity index (χ3n) is 5.32. The van der Waals surface area contributed by atoms with Crippen LogP contribution >= 0.6 is 0 Å². The van der Waals surface area contributed by atoms with Crippen LogP contribution in [0.3, 0.4) is 0 Å². The number of fused-ring (bicyclic) bond motifs is 1. The Balaban J connectivity index is 1.55. The Morgan fingerprint density at radius 1 is 1.03 bits per heavy atom. The molecule has 6 nitrogen and oxygen atoms in total. The zero-order valence-corrected chi connectivity index (χ0v) is 18.3. The number of carbonyl (C=O) groups excluding carboxylic acids is 1. The number of methoxy groups -OCH3 is 2. The maximum Gasteiger partial charge on any atom is 0.275 e. The van der Waals surface area contributed by atoms with Gasteiger partial charge in [0.25, 0.3) is 5.91 Å². The van der Waals surface area contributed by atoms with Crippen LogP contribution in [-0.4, -0.2) is 30.9 Å². The molecule has 0 aliphatic carbocycles. The van der Waals surface area contributed by atoms with Crippen molar-refractivity contribution in [1.29, 1.82) is 0 Å². The molecule has 1 N–H and O–H groups in total. The maximum absolute atomic E-state index is 12.6. The van der Waals surface area contributed by atoms with Crippen molar-refractivity contribution in [2.75, 3.05) is 14.2 Å². The Labute approximate surface area is 187 Å². The van der Waals surface area contributed by atoms with Crippen molar-refractivity contribution in [2.45, 2.75) is 13.5 Å². The highest BCUT2D eigenvalue weighted by atomic mass is 16.5. The molecule has 4 rings (SSSR count). The second-order valence-corrected chi connectivity index (χ2v) is 7.48. The van der Waals surface area contributed by atoms with Crippen molar-refractivity contribution in [3.63, 3.8) is 0 Å². The summed E-state index contributed by atoms with van der Waals surface area (Å²) in [6.45, 7) is 2.84. The van der Waals surface area contributed by atoms with Crippen LogP contribution in [0.5, 0.6) is 11.5 Å².